The van der Waals surface area contributed by atoms with Gasteiger partial charge in [-0.15, -0.1) is 0 Å². The van der Waals surface area contributed by atoms with Gasteiger partial charge in [-0.3, -0.25) is 14.6 Å². The first kappa shape index (κ1) is 14.0. The molecule has 1 amide bonds. The van der Waals surface area contributed by atoms with Gasteiger partial charge in [0.2, 0.25) is 0 Å². The molecule has 1 N–H and O–H groups in total. The monoisotopic (exact) mass is 272 g/mol. The number of amides is 1. The third kappa shape index (κ3) is 3.12. The molecule has 0 bridgehead atoms. The summed E-state index contributed by atoms with van der Waals surface area (Å²) in [5.74, 6) is -0.989. The quantitative estimate of drug-likeness (QED) is 0.905. The van der Waals surface area contributed by atoms with E-state index in [4.69, 9.17) is 5.11 Å². The van der Waals surface area contributed by atoms with E-state index < -0.39 is 5.97 Å². The van der Waals surface area contributed by atoms with Gasteiger partial charge in [-0.25, -0.2) is 0 Å². The molecule has 2 rings (SSSR count). The molecule has 0 saturated carbocycles. The van der Waals surface area contributed by atoms with Gasteiger partial charge in [-0.05, 0) is 18.6 Å². The number of carbonyl (C=O) groups is 2. The molecule has 0 aliphatic carbocycles. The summed E-state index contributed by atoms with van der Waals surface area (Å²) < 4.78 is 0. The Morgan fingerprint density at radius 1 is 1.25 bits per heavy atom. The van der Waals surface area contributed by atoms with Crippen molar-refractivity contribution in [2.75, 3.05) is 13.6 Å². The third-order valence-electron chi connectivity index (χ3n) is 3.09. The van der Waals surface area contributed by atoms with Crippen LogP contribution in [0.3, 0.4) is 0 Å². The molecule has 104 valence electrons. The molecule has 1 heterocycles. The van der Waals surface area contributed by atoms with Crippen molar-refractivity contribution in [1.29, 1.82) is 0 Å². The molecule has 1 aromatic carbocycles. The van der Waals surface area contributed by atoms with Gasteiger partial charge in [0.15, 0.2) is 0 Å². The van der Waals surface area contributed by atoms with Crippen molar-refractivity contribution in [2.24, 2.45) is 0 Å². The molecule has 1 aromatic heterocycles. The molecule has 20 heavy (non-hydrogen) atoms. The summed E-state index contributed by atoms with van der Waals surface area (Å²) in [7, 11) is 1.67. The van der Waals surface area contributed by atoms with Crippen molar-refractivity contribution in [3.8, 4) is 0 Å². The number of para-hydroxylation sites is 1. The van der Waals surface area contributed by atoms with Crippen molar-refractivity contribution >= 4 is 22.8 Å². The predicted octanol–water partition coefficient (Wildman–Crippen LogP) is 2.17. The zero-order valence-electron chi connectivity index (χ0n) is 11.2. The highest BCUT2D eigenvalue weighted by molar-refractivity contribution is 6.05. The fraction of sp³-hybridized carbons (Fsp3) is 0.267. The van der Waals surface area contributed by atoms with Gasteiger partial charge in [0, 0.05) is 31.6 Å². The minimum atomic E-state index is -0.849. The Kier molecular flexibility index (Phi) is 4.30. The van der Waals surface area contributed by atoms with Gasteiger partial charge in [0.25, 0.3) is 5.91 Å². The minimum Gasteiger partial charge on any atom is -0.481 e. The van der Waals surface area contributed by atoms with Crippen LogP contribution < -0.4 is 0 Å². The van der Waals surface area contributed by atoms with Crippen molar-refractivity contribution in [3.05, 3.63) is 42.1 Å². The van der Waals surface area contributed by atoms with E-state index in [0.29, 0.717) is 24.0 Å². The second kappa shape index (κ2) is 6.14. The average molecular weight is 272 g/mol. The minimum absolute atomic E-state index is 0.0609. The summed E-state index contributed by atoms with van der Waals surface area (Å²) in [6.07, 6.45) is 2.16. The number of nitrogens with zero attached hydrogens (tertiary/aromatic N) is 2. The van der Waals surface area contributed by atoms with Crippen molar-refractivity contribution < 1.29 is 14.7 Å². The zero-order valence-corrected chi connectivity index (χ0v) is 11.2. The summed E-state index contributed by atoms with van der Waals surface area (Å²) in [6, 6.07) is 9.20. The highest BCUT2D eigenvalue weighted by atomic mass is 16.4. The Bertz CT molecular complexity index is 635. The van der Waals surface area contributed by atoms with E-state index in [1.807, 2.05) is 24.3 Å². The number of carboxylic acid groups (broad SMARTS) is 1. The zero-order chi connectivity index (χ0) is 14.5. The highest BCUT2D eigenvalue weighted by Crippen LogP contribution is 2.17. The van der Waals surface area contributed by atoms with Crippen LogP contribution in [0.2, 0.25) is 0 Å². The summed E-state index contributed by atoms with van der Waals surface area (Å²) >= 11 is 0. The van der Waals surface area contributed by atoms with E-state index in [-0.39, 0.29) is 12.3 Å². The van der Waals surface area contributed by atoms with Crippen LogP contribution in [0.15, 0.2) is 36.5 Å². The standard InChI is InChI=1S/C15H16N2O3/c1-17(10-4-8-13(18)19)15(20)12-7-2-5-11-6-3-9-16-14(11)12/h2-3,5-7,9H,4,8,10H2,1H3,(H,18,19). The maximum absolute atomic E-state index is 12.4. The van der Waals surface area contributed by atoms with Crippen molar-refractivity contribution in [1.82, 2.24) is 9.88 Å². The SMILES string of the molecule is CN(CCCC(=O)O)C(=O)c1cccc2cccnc12. The predicted molar refractivity (Wildman–Crippen MR) is 75.6 cm³/mol. The summed E-state index contributed by atoms with van der Waals surface area (Å²) in [5.41, 5.74) is 1.21. The number of rotatable bonds is 5. The average Bonchev–Trinajstić information content (AvgIpc) is 2.45. The van der Waals surface area contributed by atoms with Crippen LogP contribution in [0.25, 0.3) is 10.9 Å². The van der Waals surface area contributed by atoms with Crippen LogP contribution in [-0.2, 0) is 4.79 Å². The molecule has 0 aliphatic heterocycles. The Balaban J connectivity index is 2.16. The molecule has 0 saturated heterocycles. The number of fused-ring (bicyclic) bond motifs is 1. The molecule has 0 radical (unpaired) electrons. The molecular formula is C15H16N2O3. The van der Waals surface area contributed by atoms with E-state index in [9.17, 15) is 9.59 Å². The first-order valence-electron chi connectivity index (χ1n) is 6.40. The highest BCUT2D eigenvalue weighted by Gasteiger charge is 2.15. The number of aromatic nitrogens is 1. The third-order valence-corrected chi connectivity index (χ3v) is 3.09. The van der Waals surface area contributed by atoms with Crippen LogP contribution >= 0.6 is 0 Å². The topological polar surface area (TPSA) is 70.5 Å². The number of hydrogen-bond donors (Lipinski definition) is 1. The Labute approximate surface area is 116 Å². The lowest BCUT2D eigenvalue weighted by molar-refractivity contribution is -0.137. The van der Waals surface area contributed by atoms with Crippen molar-refractivity contribution in [3.63, 3.8) is 0 Å². The molecule has 0 aliphatic rings. The first-order chi connectivity index (χ1) is 9.59. The fourth-order valence-corrected chi connectivity index (χ4v) is 2.05. The number of carboxylic acids is 1. The number of carbonyl (C=O) groups excluding carboxylic acids is 1. The van der Waals surface area contributed by atoms with Gasteiger partial charge < -0.3 is 10.0 Å². The van der Waals surface area contributed by atoms with E-state index in [1.165, 1.54) is 4.90 Å². The Morgan fingerprint density at radius 3 is 2.75 bits per heavy atom. The lowest BCUT2D eigenvalue weighted by Crippen LogP contribution is -2.28. The van der Waals surface area contributed by atoms with Crippen molar-refractivity contribution in [2.45, 2.75) is 12.8 Å². The molecule has 0 spiro atoms. The van der Waals surface area contributed by atoms with E-state index >= 15 is 0 Å². The van der Waals surface area contributed by atoms with Crippen LogP contribution in [0.1, 0.15) is 23.2 Å². The van der Waals surface area contributed by atoms with E-state index in [0.717, 1.165) is 5.39 Å². The molecule has 2 aromatic rings. The largest absolute Gasteiger partial charge is 0.481 e. The second-order valence-corrected chi connectivity index (χ2v) is 4.60. The summed E-state index contributed by atoms with van der Waals surface area (Å²) in [5, 5.41) is 9.52. The molecule has 5 nitrogen and oxygen atoms in total. The smallest absolute Gasteiger partial charge is 0.303 e. The van der Waals surface area contributed by atoms with Gasteiger partial charge in [0.1, 0.15) is 0 Å². The second-order valence-electron chi connectivity index (χ2n) is 4.60. The lowest BCUT2D eigenvalue weighted by Gasteiger charge is -2.17. The van der Waals surface area contributed by atoms with Gasteiger partial charge in [0.05, 0.1) is 11.1 Å². The maximum Gasteiger partial charge on any atom is 0.303 e. The summed E-state index contributed by atoms with van der Waals surface area (Å²) in [4.78, 5) is 28.6. The number of benzene rings is 1. The fourth-order valence-electron chi connectivity index (χ4n) is 2.05. The maximum atomic E-state index is 12.4. The Hall–Kier alpha value is -2.43. The van der Waals surface area contributed by atoms with E-state index in [1.54, 1.807) is 19.3 Å². The molecule has 5 heteroatoms. The van der Waals surface area contributed by atoms with Crippen LogP contribution in [0, 0.1) is 0 Å². The molecule has 0 unspecified atom stereocenters. The van der Waals surface area contributed by atoms with Gasteiger partial charge >= 0.3 is 5.97 Å². The van der Waals surface area contributed by atoms with Gasteiger partial charge in [-0.1, -0.05) is 18.2 Å². The van der Waals surface area contributed by atoms with Crippen LogP contribution in [0.4, 0.5) is 0 Å². The molecular weight excluding hydrogens is 256 g/mol. The normalized spacial score (nSPS) is 10.4. The first-order valence-corrected chi connectivity index (χ1v) is 6.40. The van der Waals surface area contributed by atoms with Crippen LogP contribution in [-0.4, -0.2) is 40.5 Å². The van der Waals surface area contributed by atoms with Crippen LogP contribution in [0.5, 0.6) is 0 Å². The number of pyridine rings is 1. The molecule has 0 fully saturated rings. The summed E-state index contributed by atoms with van der Waals surface area (Å²) in [6.45, 7) is 0.411. The van der Waals surface area contributed by atoms with Gasteiger partial charge in [-0.2, -0.15) is 0 Å². The number of hydrogen-bond acceptors (Lipinski definition) is 3. The van der Waals surface area contributed by atoms with E-state index in [2.05, 4.69) is 4.98 Å². The number of aliphatic carboxylic acids is 1. The Morgan fingerprint density at radius 2 is 2.00 bits per heavy atom. The lowest BCUT2D eigenvalue weighted by atomic mass is 10.1. The molecule has 0 atom stereocenters.